The Balaban J connectivity index is 2.05. The summed E-state index contributed by atoms with van der Waals surface area (Å²) in [6, 6.07) is 8.46. The van der Waals surface area contributed by atoms with Gasteiger partial charge in [0.15, 0.2) is 0 Å². The Morgan fingerprint density at radius 2 is 2.17 bits per heavy atom. The van der Waals surface area contributed by atoms with Gasteiger partial charge in [-0.25, -0.2) is 0 Å². The lowest BCUT2D eigenvalue weighted by molar-refractivity contribution is -0.147. The average molecular weight is 245 g/mol. The smallest absolute Gasteiger partial charge is 0.225 e. The van der Waals surface area contributed by atoms with Crippen molar-refractivity contribution in [2.75, 3.05) is 0 Å². The topological polar surface area (TPSA) is 29.5 Å². The van der Waals surface area contributed by atoms with Crippen LogP contribution in [0.25, 0.3) is 0 Å². The van der Waals surface area contributed by atoms with Crippen molar-refractivity contribution in [3.8, 4) is 0 Å². The average Bonchev–Trinajstić information content (AvgIpc) is 2.78. The van der Waals surface area contributed by atoms with Gasteiger partial charge in [0.2, 0.25) is 5.91 Å². The summed E-state index contributed by atoms with van der Waals surface area (Å²) in [4.78, 5) is 14.2. The van der Waals surface area contributed by atoms with Gasteiger partial charge in [0.1, 0.15) is 5.72 Å². The first kappa shape index (κ1) is 11.7. The third-order valence-electron chi connectivity index (χ3n) is 4.02. The molecule has 2 atom stereocenters. The molecule has 1 aromatic carbocycles. The number of fused-ring (bicyclic) bond motifs is 3. The molecule has 2 aliphatic rings. The fraction of sp³-hybridized carbons (Fsp3) is 0.533. The van der Waals surface area contributed by atoms with Crippen LogP contribution >= 0.6 is 0 Å². The molecule has 0 radical (unpaired) electrons. The quantitative estimate of drug-likeness (QED) is 0.761. The summed E-state index contributed by atoms with van der Waals surface area (Å²) < 4.78 is 6.10. The maximum Gasteiger partial charge on any atom is 0.225 e. The summed E-state index contributed by atoms with van der Waals surface area (Å²) in [5, 5.41) is 0. The van der Waals surface area contributed by atoms with Gasteiger partial charge in [0, 0.05) is 12.8 Å². The molecular weight excluding hydrogens is 226 g/mol. The van der Waals surface area contributed by atoms with Crippen molar-refractivity contribution in [2.24, 2.45) is 0 Å². The van der Waals surface area contributed by atoms with E-state index in [2.05, 4.69) is 18.2 Å². The predicted octanol–water partition coefficient (Wildman–Crippen LogP) is 2.66. The second-order valence-corrected chi connectivity index (χ2v) is 5.57. The molecule has 1 saturated heterocycles. The molecule has 0 unspecified atom stereocenters. The van der Waals surface area contributed by atoms with Crippen LogP contribution < -0.4 is 0 Å². The Hall–Kier alpha value is -1.35. The first-order valence-corrected chi connectivity index (χ1v) is 6.62. The maximum atomic E-state index is 12.2. The monoisotopic (exact) mass is 245 g/mol. The minimum absolute atomic E-state index is 0.101. The summed E-state index contributed by atoms with van der Waals surface area (Å²) in [5.41, 5.74) is 2.09. The SMILES string of the molecule is CCC(=O)N1[C@@H]2c3ccccc3C[C@@H]2OC1(C)C. The van der Waals surface area contributed by atoms with E-state index in [1.54, 1.807) is 0 Å². The number of ether oxygens (including phenoxy) is 1. The number of carbonyl (C=O) groups excluding carboxylic acids is 1. The molecule has 1 amide bonds. The zero-order chi connectivity index (χ0) is 12.9. The summed E-state index contributed by atoms with van der Waals surface area (Å²) in [7, 11) is 0. The summed E-state index contributed by atoms with van der Waals surface area (Å²) in [5.74, 6) is 0.171. The maximum absolute atomic E-state index is 12.2. The van der Waals surface area contributed by atoms with Crippen LogP contribution in [0, 0.1) is 0 Å². The van der Waals surface area contributed by atoms with Crippen LogP contribution in [-0.4, -0.2) is 22.6 Å². The van der Waals surface area contributed by atoms with Crippen LogP contribution in [0.1, 0.15) is 44.4 Å². The van der Waals surface area contributed by atoms with Gasteiger partial charge in [0.05, 0.1) is 12.1 Å². The first-order valence-electron chi connectivity index (χ1n) is 6.62. The highest BCUT2D eigenvalue weighted by atomic mass is 16.5. The van der Waals surface area contributed by atoms with Gasteiger partial charge in [-0.3, -0.25) is 4.79 Å². The van der Waals surface area contributed by atoms with Gasteiger partial charge >= 0.3 is 0 Å². The lowest BCUT2D eigenvalue weighted by Crippen LogP contribution is -2.44. The van der Waals surface area contributed by atoms with Crippen molar-refractivity contribution in [3.63, 3.8) is 0 Å². The highest BCUT2D eigenvalue weighted by Gasteiger charge is 2.52. The first-order chi connectivity index (χ1) is 8.54. The molecule has 1 aliphatic carbocycles. The number of rotatable bonds is 1. The van der Waals surface area contributed by atoms with E-state index in [1.165, 1.54) is 11.1 Å². The number of nitrogens with zero attached hydrogens (tertiary/aromatic N) is 1. The standard InChI is InChI=1S/C15H19NO2/c1-4-13(17)16-14-11-8-6-5-7-10(11)9-12(14)18-15(16,2)3/h5-8,12,14H,4,9H2,1-3H3/t12-,14+/m0/s1. The Bertz CT molecular complexity index is 495. The Kier molecular flexibility index (Phi) is 2.49. The molecule has 0 aromatic heterocycles. The molecule has 1 aliphatic heterocycles. The molecular formula is C15H19NO2. The Morgan fingerprint density at radius 1 is 1.44 bits per heavy atom. The van der Waals surface area contributed by atoms with Crippen LogP contribution in [0.4, 0.5) is 0 Å². The largest absolute Gasteiger partial charge is 0.350 e. The summed E-state index contributed by atoms with van der Waals surface area (Å²) >= 11 is 0. The van der Waals surface area contributed by atoms with Gasteiger partial charge in [-0.05, 0) is 25.0 Å². The van der Waals surface area contributed by atoms with E-state index in [9.17, 15) is 4.79 Å². The number of benzene rings is 1. The van der Waals surface area contributed by atoms with Crippen LogP contribution in [-0.2, 0) is 16.0 Å². The van der Waals surface area contributed by atoms with E-state index in [0.29, 0.717) is 6.42 Å². The Morgan fingerprint density at radius 3 is 2.89 bits per heavy atom. The van der Waals surface area contributed by atoms with E-state index in [1.807, 2.05) is 31.7 Å². The van der Waals surface area contributed by atoms with E-state index in [4.69, 9.17) is 4.74 Å². The van der Waals surface area contributed by atoms with E-state index >= 15 is 0 Å². The van der Waals surface area contributed by atoms with Crippen LogP contribution in [0.15, 0.2) is 24.3 Å². The van der Waals surface area contributed by atoms with E-state index in [-0.39, 0.29) is 18.1 Å². The second-order valence-electron chi connectivity index (χ2n) is 5.57. The van der Waals surface area contributed by atoms with Gasteiger partial charge in [0.25, 0.3) is 0 Å². The summed E-state index contributed by atoms with van der Waals surface area (Å²) in [6.07, 6.45) is 1.56. The predicted molar refractivity (Wildman–Crippen MR) is 69.0 cm³/mol. The van der Waals surface area contributed by atoms with Gasteiger partial charge in [-0.2, -0.15) is 0 Å². The van der Waals surface area contributed by atoms with Gasteiger partial charge in [-0.15, -0.1) is 0 Å². The van der Waals surface area contributed by atoms with Gasteiger partial charge < -0.3 is 9.64 Å². The van der Waals surface area contributed by atoms with E-state index in [0.717, 1.165) is 6.42 Å². The minimum Gasteiger partial charge on any atom is -0.350 e. The fourth-order valence-electron chi connectivity index (χ4n) is 3.34. The van der Waals surface area contributed by atoms with Crippen molar-refractivity contribution >= 4 is 5.91 Å². The zero-order valence-corrected chi connectivity index (χ0v) is 11.1. The number of hydrogen-bond donors (Lipinski definition) is 0. The molecule has 3 rings (SSSR count). The van der Waals surface area contributed by atoms with Crippen molar-refractivity contribution in [3.05, 3.63) is 35.4 Å². The molecule has 1 aromatic rings. The minimum atomic E-state index is -0.490. The second kappa shape index (κ2) is 3.82. The highest BCUT2D eigenvalue weighted by molar-refractivity contribution is 5.77. The highest BCUT2D eigenvalue weighted by Crippen LogP contribution is 2.48. The van der Waals surface area contributed by atoms with Crippen LogP contribution in [0.2, 0.25) is 0 Å². The molecule has 96 valence electrons. The third kappa shape index (κ3) is 1.50. The molecule has 0 saturated carbocycles. The number of carbonyl (C=O) groups is 1. The fourth-order valence-corrected chi connectivity index (χ4v) is 3.34. The molecule has 1 fully saturated rings. The molecule has 18 heavy (non-hydrogen) atoms. The van der Waals surface area contributed by atoms with Crippen molar-refractivity contribution < 1.29 is 9.53 Å². The van der Waals surface area contributed by atoms with Crippen molar-refractivity contribution in [2.45, 2.75) is 51.5 Å². The van der Waals surface area contributed by atoms with Gasteiger partial charge in [-0.1, -0.05) is 31.2 Å². The van der Waals surface area contributed by atoms with Crippen LogP contribution in [0.5, 0.6) is 0 Å². The van der Waals surface area contributed by atoms with E-state index < -0.39 is 5.72 Å². The van der Waals surface area contributed by atoms with Crippen molar-refractivity contribution in [1.82, 2.24) is 4.90 Å². The number of hydrogen-bond acceptors (Lipinski definition) is 2. The molecule has 0 spiro atoms. The zero-order valence-electron chi connectivity index (χ0n) is 11.1. The normalized spacial score (nSPS) is 28.1. The molecule has 1 heterocycles. The third-order valence-corrected chi connectivity index (χ3v) is 4.02. The molecule has 0 bridgehead atoms. The lowest BCUT2D eigenvalue weighted by atomic mass is 10.0. The summed E-state index contributed by atoms with van der Waals surface area (Å²) in [6.45, 7) is 5.88. The lowest BCUT2D eigenvalue weighted by Gasteiger charge is -2.33. The van der Waals surface area contributed by atoms with Crippen molar-refractivity contribution in [1.29, 1.82) is 0 Å². The molecule has 0 N–H and O–H groups in total. The molecule has 3 nitrogen and oxygen atoms in total. The Labute approximate surface area is 108 Å². The number of amides is 1. The van der Waals surface area contributed by atoms with Crippen LogP contribution in [0.3, 0.4) is 0 Å². The molecule has 3 heteroatoms.